The molecule has 3 aromatic rings. The van der Waals surface area contributed by atoms with E-state index in [-0.39, 0.29) is 58.4 Å². The molecule has 2 aliphatic rings. The average Bonchev–Trinajstić information content (AvgIpc) is 3.56. The van der Waals surface area contributed by atoms with E-state index in [1.165, 1.54) is 18.3 Å². The molecular formula is C24H26F3N7O2S. The maximum absolute atomic E-state index is 14.0. The van der Waals surface area contributed by atoms with Crippen molar-refractivity contribution in [1.82, 2.24) is 20.3 Å². The second-order valence-electron chi connectivity index (χ2n) is 9.24. The molecule has 1 aliphatic carbocycles. The summed E-state index contributed by atoms with van der Waals surface area (Å²) < 4.78 is 68.5. The number of halogens is 3. The number of alkyl halides is 3. The van der Waals surface area contributed by atoms with Crippen LogP contribution in [-0.2, 0) is 16.2 Å². The number of nitriles is 1. The number of anilines is 2. The highest BCUT2D eigenvalue weighted by Crippen LogP contribution is 2.42. The van der Waals surface area contributed by atoms with Crippen molar-refractivity contribution in [3.63, 3.8) is 0 Å². The number of hydrogen-bond acceptors (Lipinski definition) is 7. The minimum Gasteiger partial charge on any atom is -0.359 e. The number of aromatic nitrogens is 3. The third-order valence-electron chi connectivity index (χ3n) is 6.94. The summed E-state index contributed by atoms with van der Waals surface area (Å²) in [6.07, 6.45) is 0.595. The number of nitrogens with one attached hydrogen (secondary N) is 3. The van der Waals surface area contributed by atoms with Gasteiger partial charge in [0.15, 0.2) is 0 Å². The van der Waals surface area contributed by atoms with Gasteiger partial charge in [-0.2, -0.15) is 18.4 Å². The van der Waals surface area contributed by atoms with Crippen molar-refractivity contribution >= 4 is 32.6 Å². The Morgan fingerprint density at radius 3 is 2.70 bits per heavy atom. The van der Waals surface area contributed by atoms with Crippen LogP contribution >= 0.6 is 0 Å². The van der Waals surface area contributed by atoms with Gasteiger partial charge in [0, 0.05) is 42.0 Å². The molecular weight excluding hydrogens is 507 g/mol. The van der Waals surface area contributed by atoms with Gasteiger partial charge in [-0.15, -0.1) is 0 Å². The summed E-state index contributed by atoms with van der Waals surface area (Å²) in [5.41, 5.74) is -0.664. The van der Waals surface area contributed by atoms with E-state index in [2.05, 4.69) is 25.6 Å². The van der Waals surface area contributed by atoms with Crippen molar-refractivity contribution in [2.45, 2.75) is 50.9 Å². The smallest absolute Gasteiger partial charge is 0.359 e. The number of likely N-dealkylation sites (N-methyl/N-ethyl adjacent to an activating group) is 1. The molecule has 0 amide bonds. The molecule has 1 saturated carbocycles. The molecule has 1 aliphatic heterocycles. The topological polar surface area (TPSA) is 127 Å². The Morgan fingerprint density at radius 1 is 1.24 bits per heavy atom. The fourth-order valence-electron chi connectivity index (χ4n) is 5.29. The molecule has 13 heteroatoms. The number of sulfonamides is 1. The highest BCUT2D eigenvalue weighted by Gasteiger charge is 2.37. The zero-order chi connectivity index (χ0) is 26.4. The first-order chi connectivity index (χ1) is 17.6. The van der Waals surface area contributed by atoms with Crippen molar-refractivity contribution in [1.29, 1.82) is 5.26 Å². The highest BCUT2D eigenvalue weighted by atomic mass is 32.2. The molecule has 1 saturated heterocycles. The summed E-state index contributed by atoms with van der Waals surface area (Å²) >= 11 is 0. The van der Waals surface area contributed by atoms with Crippen LogP contribution in [0.2, 0.25) is 0 Å². The van der Waals surface area contributed by atoms with Gasteiger partial charge in [0.1, 0.15) is 11.6 Å². The molecule has 196 valence electrons. The average molecular weight is 534 g/mol. The minimum absolute atomic E-state index is 0.0160. The Balaban J connectivity index is 1.63. The maximum atomic E-state index is 14.0. The van der Waals surface area contributed by atoms with Gasteiger partial charge in [0.25, 0.3) is 0 Å². The first-order valence-electron chi connectivity index (χ1n) is 12.1. The summed E-state index contributed by atoms with van der Waals surface area (Å²) in [5.74, 6) is 0.0268. The second-order valence-corrected chi connectivity index (χ2v) is 11.3. The number of H-pyrrole nitrogens is 1. The van der Waals surface area contributed by atoms with E-state index < -0.39 is 21.8 Å². The Kier molecular flexibility index (Phi) is 6.49. The van der Waals surface area contributed by atoms with Crippen LogP contribution in [0.1, 0.15) is 43.7 Å². The van der Waals surface area contributed by atoms with Gasteiger partial charge in [-0.3, -0.25) is 4.31 Å². The molecule has 5 rings (SSSR count). The van der Waals surface area contributed by atoms with E-state index >= 15 is 0 Å². The van der Waals surface area contributed by atoms with Gasteiger partial charge < -0.3 is 15.6 Å². The summed E-state index contributed by atoms with van der Waals surface area (Å²) in [5, 5.41) is 16.6. The van der Waals surface area contributed by atoms with Gasteiger partial charge in [-0.25, -0.2) is 18.4 Å². The molecule has 37 heavy (non-hydrogen) atoms. The zero-order valence-corrected chi connectivity index (χ0v) is 20.9. The molecule has 2 aromatic heterocycles. The Hall–Kier alpha value is -3.37. The standard InChI is InChI=1S/C24H26F3N7O2S/c1-2-29-18-5-3-6-19(18)32-23-31-13-17(24(25,26)27)20(33-23)16-12-30-21-15(16)8-7-14(11-28)22(21)34-9-4-10-37(34,35)36/h7-8,12-13,18-19,29-30H,2-6,9-10H2,1H3,(H,31,32,33)/t18-,19-/m0/s1. The van der Waals surface area contributed by atoms with Crippen LogP contribution in [0.15, 0.2) is 24.5 Å². The number of benzene rings is 1. The van der Waals surface area contributed by atoms with Crippen molar-refractivity contribution < 1.29 is 21.6 Å². The summed E-state index contributed by atoms with van der Waals surface area (Å²) in [6, 6.07) is 5.10. The van der Waals surface area contributed by atoms with Gasteiger partial charge in [-0.1, -0.05) is 13.0 Å². The van der Waals surface area contributed by atoms with Crippen molar-refractivity contribution in [3.8, 4) is 17.3 Å². The van der Waals surface area contributed by atoms with E-state index in [4.69, 9.17) is 0 Å². The van der Waals surface area contributed by atoms with E-state index in [1.807, 2.05) is 13.0 Å². The number of fused-ring (bicyclic) bond motifs is 1. The lowest BCUT2D eigenvalue weighted by Crippen LogP contribution is -2.40. The fourth-order valence-corrected chi connectivity index (χ4v) is 6.88. The van der Waals surface area contributed by atoms with Gasteiger partial charge in [0.2, 0.25) is 16.0 Å². The van der Waals surface area contributed by atoms with Crippen LogP contribution < -0.4 is 14.9 Å². The number of aromatic amines is 1. The van der Waals surface area contributed by atoms with Crippen LogP contribution in [0.3, 0.4) is 0 Å². The molecule has 0 unspecified atom stereocenters. The Labute approximate surface area is 212 Å². The molecule has 9 nitrogen and oxygen atoms in total. The number of hydrogen-bond donors (Lipinski definition) is 3. The van der Waals surface area contributed by atoms with E-state index in [0.29, 0.717) is 11.8 Å². The molecule has 1 aromatic carbocycles. The van der Waals surface area contributed by atoms with Gasteiger partial charge in [0.05, 0.1) is 28.2 Å². The van der Waals surface area contributed by atoms with E-state index in [9.17, 15) is 26.9 Å². The summed E-state index contributed by atoms with van der Waals surface area (Å²) in [6.45, 7) is 2.96. The molecule has 2 fully saturated rings. The van der Waals surface area contributed by atoms with Crippen molar-refractivity contribution in [2.75, 3.05) is 28.5 Å². The molecule has 3 heterocycles. The van der Waals surface area contributed by atoms with E-state index in [1.54, 1.807) is 0 Å². The lowest BCUT2D eigenvalue weighted by atomic mass is 10.0. The highest BCUT2D eigenvalue weighted by molar-refractivity contribution is 7.93. The van der Waals surface area contributed by atoms with E-state index in [0.717, 1.165) is 36.3 Å². The van der Waals surface area contributed by atoms with Crippen LogP contribution in [0.25, 0.3) is 22.2 Å². The van der Waals surface area contributed by atoms with Crippen LogP contribution in [-0.4, -0.2) is 54.3 Å². The number of nitrogens with zero attached hydrogens (tertiary/aromatic N) is 4. The third-order valence-corrected chi connectivity index (χ3v) is 8.79. The summed E-state index contributed by atoms with van der Waals surface area (Å²) in [7, 11) is -3.64. The van der Waals surface area contributed by atoms with Crippen molar-refractivity contribution in [3.05, 3.63) is 35.7 Å². The Bertz CT molecular complexity index is 1480. The molecule has 0 bridgehead atoms. The first-order valence-corrected chi connectivity index (χ1v) is 13.7. The van der Waals surface area contributed by atoms with Crippen LogP contribution in [0, 0.1) is 11.3 Å². The molecule has 0 spiro atoms. The first kappa shape index (κ1) is 25.3. The van der Waals surface area contributed by atoms with Crippen LogP contribution in [0.5, 0.6) is 0 Å². The SMILES string of the molecule is CCN[C@H]1CCC[C@@H]1Nc1ncc(C(F)(F)F)c(-c2c[nH]c3c(N4CCCS4(=O)=O)c(C#N)ccc23)n1. The Morgan fingerprint density at radius 2 is 2.03 bits per heavy atom. The normalized spacial score (nSPS) is 21.4. The fraction of sp³-hybridized carbons (Fsp3) is 0.458. The van der Waals surface area contributed by atoms with Gasteiger partial charge >= 0.3 is 6.18 Å². The number of rotatable bonds is 6. The lowest BCUT2D eigenvalue weighted by Gasteiger charge is -2.22. The van der Waals surface area contributed by atoms with Crippen LogP contribution in [0.4, 0.5) is 24.8 Å². The predicted molar refractivity (Wildman–Crippen MR) is 134 cm³/mol. The molecule has 0 radical (unpaired) electrons. The zero-order valence-electron chi connectivity index (χ0n) is 20.1. The molecule has 3 N–H and O–H groups in total. The quantitative estimate of drug-likeness (QED) is 0.437. The van der Waals surface area contributed by atoms with Gasteiger partial charge in [-0.05, 0) is 38.3 Å². The second kappa shape index (κ2) is 9.50. The summed E-state index contributed by atoms with van der Waals surface area (Å²) in [4.78, 5) is 11.2. The monoisotopic (exact) mass is 533 g/mol. The predicted octanol–water partition coefficient (Wildman–Crippen LogP) is 4.00. The molecule has 2 atom stereocenters. The maximum Gasteiger partial charge on any atom is 0.419 e. The minimum atomic E-state index is -4.72. The largest absolute Gasteiger partial charge is 0.419 e. The third kappa shape index (κ3) is 4.59. The lowest BCUT2D eigenvalue weighted by molar-refractivity contribution is -0.137. The van der Waals surface area contributed by atoms with Crippen molar-refractivity contribution in [2.24, 2.45) is 0 Å².